The molecule has 0 bridgehead atoms. The molecule has 2 heterocycles. The Morgan fingerprint density at radius 3 is 2.17 bits per heavy atom. The number of hydrogen-bond acceptors (Lipinski definition) is 6. The zero-order valence-corrected chi connectivity index (χ0v) is 20.1. The monoisotopic (exact) mass is 445 g/mol. The number of nitrogens with zero attached hydrogens (tertiary/aromatic N) is 4. The smallest absolute Gasteiger partial charge is 0.228 e. The summed E-state index contributed by atoms with van der Waals surface area (Å²) in [6.45, 7) is 13.1. The highest BCUT2D eigenvalue weighted by molar-refractivity contribution is 6.31. The molecule has 0 atom stereocenters. The van der Waals surface area contributed by atoms with Crippen LogP contribution in [-0.2, 0) is 4.84 Å². The zero-order chi connectivity index (χ0) is 21.5. The van der Waals surface area contributed by atoms with E-state index in [9.17, 15) is 0 Å². The molecular formula is C21H37Cl2N5O. The highest BCUT2D eigenvalue weighted by atomic mass is 35.5. The number of rotatable bonds is 11. The number of nitrogens with one attached hydrogen (secondary N) is 1. The van der Waals surface area contributed by atoms with Gasteiger partial charge in [0.25, 0.3) is 0 Å². The average Bonchev–Trinajstić information content (AvgIpc) is 2.58. The van der Waals surface area contributed by atoms with Crippen LogP contribution in [0.15, 0.2) is 0 Å². The predicted octanol–water partition coefficient (Wildman–Crippen LogP) is 6.15. The van der Waals surface area contributed by atoms with E-state index in [1.165, 1.54) is 19.3 Å². The number of anilines is 1. The van der Waals surface area contributed by atoms with Crippen LogP contribution in [0.1, 0.15) is 86.0 Å². The minimum Gasteiger partial charge on any atom is -0.354 e. The fourth-order valence-corrected chi connectivity index (χ4v) is 5.06. The number of hydrogen-bond donors (Lipinski definition) is 1. The Morgan fingerprint density at radius 1 is 0.966 bits per heavy atom. The molecule has 0 spiro atoms. The fraction of sp³-hybridized carbons (Fsp3) is 0.857. The molecule has 1 saturated heterocycles. The first kappa shape index (κ1) is 24.6. The van der Waals surface area contributed by atoms with Gasteiger partial charge in [0.1, 0.15) is 0 Å². The number of piperidine rings is 1. The second-order valence-electron chi connectivity index (χ2n) is 9.35. The summed E-state index contributed by atoms with van der Waals surface area (Å²) in [6, 6.07) is 0. The summed E-state index contributed by atoms with van der Waals surface area (Å²) in [5.74, 6) is 1.14. The van der Waals surface area contributed by atoms with Crippen LogP contribution in [0.4, 0.5) is 5.95 Å². The van der Waals surface area contributed by atoms with E-state index in [1.54, 1.807) is 0 Å². The van der Waals surface area contributed by atoms with Crippen molar-refractivity contribution < 1.29 is 4.84 Å². The normalized spacial score (nSPS) is 19.4. The van der Waals surface area contributed by atoms with Gasteiger partial charge in [-0.05, 0) is 82.5 Å². The summed E-state index contributed by atoms with van der Waals surface area (Å²) in [6.07, 6.45) is 9.34. The van der Waals surface area contributed by atoms with Gasteiger partial charge in [0.05, 0.1) is 6.61 Å². The summed E-state index contributed by atoms with van der Waals surface area (Å²) in [4.78, 5) is 18.1. The van der Waals surface area contributed by atoms with Gasteiger partial charge in [-0.3, -0.25) is 4.84 Å². The van der Waals surface area contributed by atoms with Gasteiger partial charge in [-0.2, -0.15) is 20.0 Å². The Hall–Kier alpha value is -0.690. The summed E-state index contributed by atoms with van der Waals surface area (Å²) < 4.78 is 0. The van der Waals surface area contributed by atoms with Crippen molar-refractivity contribution in [2.24, 2.45) is 5.92 Å². The molecular weight excluding hydrogens is 409 g/mol. The van der Waals surface area contributed by atoms with Gasteiger partial charge in [0, 0.05) is 17.6 Å². The van der Waals surface area contributed by atoms with E-state index in [4.69, 9.17) is 28.0 Å². The van der Waals surface area contributed by atoms with Crippen molar-refractivity contribution in [1.29, 1.82) is 0 Å². The van der Waals surface area contributed by atoms with Crippen molar-refractivity contribution >= 4 is 29.2 Å². The molecule has 0 amide bonds. The molecule has 1 N–H and O–H groups in total. The van der Waals surface area contributed by atoms with Gasteiger partial charge >= 0.3 is 0 Å². The van der Waals surface area contributed by atoms with Crippen molar-refractivity contribution in [2.75, 3.05) is 18.5 Å². The molecule has 0 radical (unpaired) electrons. The lowest BCUT2D eigenvalue weighted by molar-refractivity contribution is -0.288. The van der Waals surface area contributed by atoms with Gasteiger partial charge in [0.15, 0.2) is 0 Å². The largest absolute Gasteiger partial charge is 0.354 e. The van der Waals surface area contributed by atoms with Crippen LogP contribution in [0, 0.1) is 5.92 Å². The molecule has 1 aromatic rings. The van der Waals surface area contributed by atoms with E-state index in [1.807, 2.05) is 0 Å². The van der Waals surface area contributed by atoms with E-state index in [-0.39, 0.29) is 21.6 Å². The lowest BCUT2D eigenvalue weighted by atomic mass is 9.73. The van der Waals surface area contributed by atoms with E-state index in [2.05, 4.69) is 60.0 Å². The van der Waals surface area contributed by atoms with Gasteiger partial charge in [-0.15, -0.1) is 0 Å². The van der Waals surface area contributed by atoms with E-state index >= 15 is 0 Å². The van der Waals surface area contributed by atoms with Gasteiger partial charge < -0.3 is 5.32 Å². The summed E-state index contributed by atoms with van der Waals surface area (Å²) in [5.41, 5.74) is 0.102. The molecule has 1 aromatic heterocycles. The molecule has 1 aliphatic heterocycles. The second kappa shape index (κ2) is 11.1. The topological polar surface area (TPSA) is 63.2 Å². The molecule has 0 unspecified atom stereocenters. The molecule has 29 heavy (non-hydrogen) atoms. The first-order chi connectivity index (χ1) is 13.6. The molecule has 166 valence electrons. The second-order valence-corrected chi connectivity index (χ2v) is 10.0. The van der Waals surface area contributed by atoms with Crippen LogP contribution >= 0.6 is 23.2 Å². The minimum absolute atomic E-state index is 0.0509. The van der Waals surface area contributed by atoms with Gasteiger partial charge in [-0.1, -0.05) is 32.6 Å². The molecule has 1 fully saturated rings. The quantitative estimate of drug-likeness (QED) is 0.411. The molecule has 8 heteroatoms. The maximum absolute atomic E-state index is 6.26. The number of unbranched alkanes of at least 4 members (excludes halogenated alkanes) is 3. The highest BCUT2D eigenvalue weighted by Gasteiger charge is 2.46. The standard InChI is InChI=1S/C21H37Cl2N5O/c1-6-7-10-13-29-28-20(2,3)14-16(15-21(28,4)5)11-8-9-12-24-19-26-17(22)25-18(23)27-19/h16H,6-15H2,1-5H3,(H,24,25,26,27). The SMILES string of the molecule is CCCCCON1C(C)(C)CC(CCCCNc2nc(Cl)nc(Cl)n2)CC1(C)C. The van der Waals surface area contributed by atoms with Crippen molar-refractivity contribution in [2.45, 2.75) is 97.1 Å². The van der Waals surface area contributed by atoms with Crippen molar-refractivity contribution in [3.63, 3.8) is 0 Å². The zero-order valence-electron chi connectivity index (χ0n) is 18.6. The van der Waals surface area contributed by atoms with Crippen LogP contribution in [0.3, 0.4) is 0 Å². The number of hydroxylamine groups is 2. The Kier molecular flexibility index (Phi) is 9.39. The number of halogens is 2. The molecule has 0 aromatic carbocycles. The molecule has 2 rings (SSSR count). The fourth-order valence-electron chi connectivity index (χ4n) is 4.69. The first-order valence-corrected chi connectivity index (χ1v) is 11.6. The average molecular weight is 446 g/mol. The predicted molar refractivity (Wildman–Crippen MR) is 120 cm³/mol. The van der Waals surface area contributed by atoms with Crippen LogP contribution in [0.2, 0.25) is 10.6 Å². The first-order valence-electron chi connectivity index (χ1n) is 10.9. The molecule has 1 aliphatic rings. The van der Waals surface area contributed by atoms with Crippen molar-refractivity contribution in [1.82, 2.24) is 20.0 Å². The number of aromatic nitrogens is 3. The maximum Gasteiger partial charge on any atom is 0.228 e. The van der Waals surface area contributed by atoms with Crippen LogP contribution in [0.5, 0.6) is 0 Å². The minimum atomic E-state index is 0.0509. The summed E-state index contributed by atoms with van der Waals surface area (Å²) in [7, 11) is 0. The van der Waals surface area contributed by atoms with Crippen molar-refractivity contribution in [3.8, 4) is 0 Å². The van der Waals surface area contributed by atoms with Crippen molar-refractivity contribution in [3.05, 3.63) is 10.6 Å². The Labute approximate surface area is 186 Å². The van der Waals surface area contributed by atoms with E-state index in [0.29, 0.717) is 11.9 Å². The lowest BCUT2D eigenvalue weighted by Gasteiger charge is -2.54. The van der Waals surface area contributed by atoms with Crippen LogP contribution in [0.25, 0.3) is 0 Å². The third-order valence-electron chi connectivity index (χ3n) is 5.55. The maximum atomic E-state index is 6.26. The van der Waals surface area contributed by atoms with E-state index < -0.39 is 0 Å². The molecule has 0 saturated carbocycles. The molecule has 0 aliphatic carbocycles. The summed E-state index contributed by atoms with van der Waals surface area (Å²) >= 11 is 11.6. The van der Waals surface area contributed by atoms with E-state index in [0.717, 1.165) is 45.3 Å². The Morgan fingerprint density at radius 2 is 1.59 bits per heavy atom. The Bertz CT molecular complexity index is 603. The van der Waals surface area contributed by atoms with Crippen LogP contribution < -0.4 is 5.32 Å². The highest BCUT2D eigenvalue weighted by Crippen LogP contribution is 2.43. The third-order valence-corrected chi connectivity index (χ3v) is 5.89. The van der Waals surface area contributed by atoms with Crippen LogP contribution in [-0.4, -0.2) is 44.2 Å². The third kappa shape index (κ3) is 7.82. The van der Waals surface area contributed by atoms with Gasteiger partial charge in [-0.25, -0.2) is 0 Å². The molecule has 6 nitrogen and oxygen atoms in total. The van der Waals surface area contributed by atoms with Gasteiger partial charge in [0.2, 0.25) is 16.5 Å². The Balaban J connectivity index is 1.76. The summed E-state index contributed by atoms with van der Waals surface area (Å²) in [5, 5.41) is 5.68. The lowest BCUT2D eigenvalue weighted by Crippen LogP contribution is -2.60.